The zero-order chi connectivity index (χ0) is 23.4. The Balaban J connectivity index is 1.28. The number of hydrogen-bond acceptors (Lipinski definition) is 6. The predicted octanol–water partition coefficient (Wildman–Crippen LogP) is 3.40. The Morgan fingerprint density at radius 3 is 2.33 bits per heavy atom. The molecular weight excluding hydrogens is 456 g/mol. The molecule has 4 rings (SSSR count). The van der Waals surface area contributed by atoms with E-state index >= 15 is 0 Å². The number of aromatic nitrogens is 1. The lowest BCUT2D eigenvalue weighted by atomic mass is 10.1. The van der Waals surface area contributed by atoms with E-state index in [2.05, 4.69) is 16.4 Å². The Morgan fingerprint density at radius 2 is 1.67 bits per heavy atom. The number of thioether (sulfide) groups is 1. The van der Waals surface area contributed by atoms with Crippen LogP contribution in [0.1, 0.15) is 29.8 Å². The number of benzene rings is 2. The van der Waals surface area contributed by atoms with E-state index in [0.717, 1.165) is 21.2 Å². The second-order valence-corrected chi connectivity index (χ2v) is 10.4. The quantitative estimate of drug-likeness (QED) is 0.445. The molecule has 0 radical (unpaired) electrons. The first-order valence-corrected chi connectivity index (χ1v) is 12.7. The maximum Gasteiger partial charge on any atom is 0.312 e. The molecule has 2 heterocycles. The standard InChI is InChI=1S/C24H26N4O3S2/c1-16(2)25-21(29)23(31)28-13-11-27(12-14-28)22(30)18-9-7-17(8-10-18)15-32-24-26-19-5-3-4-6-20(19)33-24/h3-10,16H,11-15H2,1-2H3,(H,25,29). The number of nitrogens with zero attached hydrogens (tertiary/aromatic N) is 3. The molecule has 0 unspecified atom stereocenters. The maximum absolute atomic E-state index is 12.9. The Kier molecular flexibility index (Phi) is 7.29. The van der Waals surface area contributed by atoms with Crippen LogP contribution in [0.15, 0.2) is 52.9 Å². The Bertz CT molecular complexity index is 1120. The highest BCUT2D eigenvalue weighted by Crippen LogP contribution is 2.31. The van der Waals surface area contributed by atoms with Crippen molar-refractivity contribution in [1.82, 2.24) is 20.1 Å². The van der Waals surface area contributed by atoms with Gasteiger partial charge >= 0.3 is 11.8 Å². The highest BCUT2D eigenvalue weighted by Gasteiger charge is 2.28. The molecule has 1 fully saturated rings. The van der Waals surface area contributed by atoms with Crippen molar-refractivity contribution in [1.29, 1.82) is 0 Å². The number of amides is 3. The smallest absolute Gasteiger partial charge is 0.312 e. The number of thiazole rings is 1. The average Bonchev–Trinajstić information content (AvgIpc) is 3.25. The number of para-hydroxylation sites is 1. The minimum atomic E-state index is -0.593. The van der Waals surface area contributed by atoms with E-state index in [1.807, 2.05) is 56.3 Å². The molecule has 3 aromatic rings. The molecule has 33 heavy (non-hydrogen) atoms. The van der Waals surface area contributed by atoms with E-state index in [-0.39, 0.29) is 11.9 Å². The highest BCUT2D eigenvalue weighted by molar-refractivity contribution is 8.00. The van der Waals surface area contributed by atoms with Crippen molar-refractivity contribution in [3.8, 4) is 0 Å². The van der Waals surface area contributed by atoms with Crippen LogP contribution in [0.25, 0.3) is 10.2 Å². The fraction of sp³-hybridized carbons (Fsp3) is 0.333. The minimum absolute atomic E-state index is 0.0564. The van der Waals surface area contributed by atoms with Gasteiger partial charge in [-0.25, -0.2) is 4.98 Å². The second-order valence-electron chi connectivity index (χ2n) is 8.15. The van der Waals surface area contributed by atoms with Gasteiger partial charge in [-0.15, -0.1) is 11.3 Å². The molecule has 0 aliphatic carbocycles. The Hall–Kier alpha value is -2.91. The first-order valence-electron chi connectivity index (χ1n) is 10.9. The molecule has 3 amide bonds. The molecule has 1 saturated heterocycles. The lowest BCUT2D eigenvalue weighted by molar-refractivity contribution is -0.147. The zero-order valence-electron chi connectivity index (χ0n) is 18.6. The van der Waals surface area contributed by atoms with Crippen molar-refractivity contribution in [3.63, 3.8) is 0 Å². The fourth-order valence-corrected chi connectivity index (χ4v) is 5.59. The van der Waals surface area contributed by atoms with Gasteiger partial charge in [0.2, 0.25) is 0 Å². The number of hydrogen-bond donors (Lipinski definition) is 1. The molecule has 0 saturated carbocycles. The molecule has 9 heteroatoms. The number of rotatable bonds is 5. The van der Waals surface area contributed by atoms with Crippen LogP contribution in [0.3, 0.4) is 0 Å². The number of piperazine rings is 1. The first-order chi connectivity index (χ1) is 15.9. The van der Waals surface area contributed by atoms with Crippen LogP contribution in [-0.2, 0) is 15.3 Å². The number of fused-ring (bicyclic) bond motifs is 1. The van der Waals surface area contributed by atoms with Crippen LogP contribution in [0.5, 0.6) is 0 Å². The minimum Gasteiger partial charge on any atom is -0.346 e. The second kappa shape index (κ2) is 10.4. The van der Waals surface area contributed by atoms with E-state index < -0.39 is 11.8 Å². The predicted molar refractivity (Wildman–Crippen MR) is 131 cm³/mol. The summed E-state index contributed by atoms with van der Waals surface area (Å²) in [7, 11) is 0. The van der Waals surface area contributed by atoms with Gasteiger partial charge in [0, 0.05) is 43.5 Å². The van der Waals surface area contributed by atoms with Crippen molar-refractivity contribution < 1.29 is 14.4 Å². The SMILES string of the molecule is CC(C)NC(=O)C(=O)N1CCN(C(=O)c2ccc(CSc3nc4ccccc4s3)cc2)CC1. The summed E-state index contributed by atoms with van der Waals surface area (Å²) in [6.45, 7) is 5.16. The normalized spacial score (nSPS) is 14.0. The molecule has 1 aromatic heterocycles. The molecular formula is C24H26N4O3S2. The summed E-state index contributed by atoms with van der Waals surface area (Å²) in [4.78, 5) is 44.9. The molecule has 2 aromatic carbocycles. The molecule has 7 nitrogen and oxygen atoms in total. The van der Waals surface area contributed by atoms with Crippen LogP contribution < -0.4 is 5.32 Å². The van der Waals surface area contributed by atoms with Crippen molar-refractivity contribution >= 4 is 51.0 Å². The highest BCUT2D eigenvalue weighted by atomic mass is 32.2. The van der Waals surface area contributed by atoms with Crippen molar-refractivity contribution in [2.75, 3.05) is 26.2 Å². The van der Waals surface area contributed by atoms with Gasteiger partial charge in [-0.1, -0.05) is 36.0 Å². The lowest BCUT2D eigenvalue weighted by Gasteiger charge is -2.34. The molecule has 1 N–H and O–H groups in total. The van der Waals surface area contributed by atoms with Gasteiger partial charge in [0.25, 0.3) is 5.91 Å². The van der Waals surface area contributed by atoms with Gasteiger partial charge < -0.3 is 15.1 Å². The van der Waals surface area contributed by atoms with Crippen LogP contribution >= 0.6 is 23.1 Å². The summed E-state index contributed by atoms with van der Waals surface area (Å²) in [5.74, 6) is -0.401. The summed E-state index contributed by atoms with van der Waals surface area (Å²) in [5, 5.41) is 2.62. The fourth-order valence-electron chi connectivity index (χ4n) is 3.56. The third-order valence-electron chi connectivity index (χ3n) is 5.31. The topological polar surface area (TPSA) is 82.6 Å². The monoisotopic (exact) mass is 482 g/mol. The van der Waals surface area contributed by atoms with Crippen LogP contribution in [0.4, 0.5) is 0 Å². The van der Waals surface area contributed by atoms with Crippen molar-refractivity contribution in [2.45, 2.75) is 30.0 Å². The largest absolute Gasteiger partial charge is 0.346 e. The third kappa shape index (κ3) is 5.72. The maximum atomic E-state index is 12.9. The molecule has 0 spiro atoms. The van der Waals surface area contributed by atoms with E-state index in [4.69, 9.17) is 0 Å². The number of nitrogens with one attached hydrogen (secondary N) is 1. The summed E-state index contributed by atoms with van der Waals surface area (Å²) in [5.41, 5.74) is 2.77. The Labute approximate surface area is 201 Å². The molecule has 172 valence electrons. The number of carbonyl (C=O) groups is 3. The summed E-state index contributed by atoms with van der Waals surface area (Å²) in [6.07, 6.45) is 0. The molecule has 1 aliphatic heterocycles. The van der Waals surface area contributed by atoms with Crippen molar-refractivity contribution in [2.24, 2.45) is 0 Å². The summed E-state index contributed by atoms with van der Waals surface area (Å²) >= 11 is 3.38. The zero-order valence-corrected chi connectivity index (χ0v) is 20.2. The number of carbonyl (C=O) groups excluding carboxylic acids is 3. The van der Waals surface area contributed by atoms with Gasteiger partial charge in [-0.2, -0.15) is 0 Å². The van der Waals surface area contributed by atoms with Gasteiger partial charge in [0.15, 0.2) is 4.34 Å². The van der Waals surface area contributed by atoms with Crippen LogP contribution in [0, 0.1) is 0 Å². The van der Waals surface area contributed by atoms with Gasteiger partial charge in [0.05, 0.1) is 10.2 Å². The lowest BCUT2D eigenvalue weighted by Crippen LogP contribution is -2.54. The summed E-state index contributed by atoms with van der Waals surface area (Å²) in [6, 6.07) is 15.7. The summed E-state index contributed by atoms with van der Waals surface area (Å²) < 4.78 is 2.22. The first kappa shape index (κ1) is 23.3. The van der Waals surface area contributed by atoms with Gasteiger partial charge in [0.1, 0.15) is 0 Å². The van der Waals surface area contributed by atoms with Crippen LogP contribution in [0.2, 0.25) is 0 Å². The van der Waals surface area contributed by atoms with Crippen molar-refractivity contribution in [3.05, 3.63) is 59.7 Å². The van der Waals surface area contributed by atoms with E-state index in [1.54, 1.807) is 28.0 Å². The van der Waals surface area contributed by atoms with Gasteiger partial charge in [-0.3, -0.25) is 14.4 Å². The van der Waals surface area contributed by atoms with E-state index in [1.165, 1.54) is 9.60 Å². The molecule has 0 bridgehead atoms. The van der Waals surface area contributed by atoms with E-state index in [9.17, 15) is 14.4 Å². The van der Waals surface area contributed by atoms with Crippen LogP contribution in [-0.4, -0.2) is 64.7 Å². The molecule has 1 aliphatic rings. The Morgan fingerprint density at radius 1 is 1.00 bits per heavy atom. The van der Waals surface area contributed by atoms with E-state index in [0.29, 0.717) is 31.7 Å². The molecule has 0 atom stereocenters. The van der Waals surface area contributed by atoms with Gasteiger partial charge in [-0.05, 0) is 43.7 Å². The average molecular weight is 483 g/mol. The third-order valence-corrected chi connectivity index (χ3v) is 7.56.